The van der Waals surface area contributed by atoms with Gasteiger partial charge < -0.3 is 39.1 Å². The van der Waals surface area contributed by atoms with Gasteiger partial charge in [-0.2, -0.15) is 0 Å². The van der Waals surface area contributed by atoms with Crippen molar-refractivity contribution in [3.63, 3.8) is 0 Å². The Morgan fingerprint density at radius 2 is 1.23 bits per heavy atom. The van der Waals surface area contributed by atoms with Crippen molar-refractivity contribution < 1.29 is 52.4 Å². The Kier molecular flexibility index (Phi) is 17.9. The van der Waals surface area contributed by atoms with E-state index >= 15 is 0 Å². The van der Waals surface area contributed by atoms with Crippen LogP contribution in [0.25, 0.3) is 5.32 Å². The number of unbranched alkanes of at least 4 members (excludes halogenated alkanes) is 8. The smallest absolute Gasteiger partial charge is 0.406 e. The van der Waals surface area contributed by atoms with Crippen molar-refractivity contribution in [3.8, 4) is 0 Å². The third-order valence-electron chi connectivity index (χ3n) is 6.56. The Bertz CT molecular complexity index is 921. The van der Waals surface area contributed by atoms with Crippen molar-refractivity contribution >= 4 is 30.0 Å². The van der Waals surface area contributed by atoms with Crippen molar-refractivity contribution in [1.29, 1.82) is 0 Å². The Hall–Kier alpha value is -2.93. The number of hydrogen-bond acceptors (Lipinski definition) is 11. The number of nitrogens with zero attached hydrogens (tertiary/aromatic N) is 1. The molecule has 1 aliphatic heterocycles. The number of amides is 1. The highest BCUT2D eigenvalue weighted by molar-refractivity contribution is 5.69. The lowest BCUT2D eigenvalue weighted by atomic mass is 9.96. The molecule has 0 saturated carbocycles. The summed E-state index contributed by atoms with van der Waals surface area (Å²) in [5.74, 6) is -2.82. The van der Waals surface area contributed by atoms with Crippen LogP contribution in [0.15, 0.2) is 0 Å². The fourth-order valence-electron chi connectivity index (χ4n) is 4.78. The first kappa shape index (κ1) is 39.1. The fraction of sp³-hybridized carbons (Fsp3) is 0.839. The van der Waals surface area contributed by atoms with E-state index in [4.69, 9.17) is 28.4 Å². The van der Waals surface area contributed by atoms with Crippen LogP contribution in [0.2, 0.25) is 0 Å². The standard InChI is InChI=1S/C31H53N2O11/c1-9-10-11-12-13-14-15-16-17-18-25(33-30(38)44-31(6,7)8)32-29-28(42-23(5)37)27(41-22(4)36)26(40-21(3)35)24(43-29)19-39-20(2)34/h24-29H,9-19H2,1-8H3,(H,33,38)/q-1/t24-,25?,26-,27+,28-,29-/m1/s1. The van der Waals surface area contributed by atoms with Crippen LogP contribution in [0, 0.1) is 0 Å². The lowest BCUT2D eigenvalue weighted by molar-refractivity contribution is -0.246. The molecule has 44 heavy (non-hydrogen) atoms. The van der Waals surface area contributed by atoms with Gasteiger partial charge in [0.2, 0.25) is 0 Å². The number of nitrogens with one attached hydrogen (secondary N) is 1. The minimum Gasteiger partial charge on any atom is -0.613 e. The van der Waals surface area contributed by atoms with E-state index in [0.717, 1.165) is 46.5 Å². The molecule has 1 saturated heterocycles. The summed E-state index contributed by atoms with van der Waals surface area (Å²) < 4.78 is 33.1. The summed E-state index contributed by atoms with van der Waals surface area (Å²) in [5, 5.41) is 7.43. The molecule has 1 N–H and O–H groups in total. The first-order valence-corrected chi connectivity index (χ1v) is 15.6. The van der Waals surface area contributed by atoms with Crippen LogP contribution in [0.4, 0.5) is 4.79 Å². The molecular formula is C31H53N2O11-. The van der Waals surface area contributed by atoms with E-state index in [0.29, 0.717) is 6.42 Å². The summed E-state index contributed by atoms with van der Waals surface area (Å²) in [5.41, 5.74) is -0.763. The summed E-state index contributed by atoms with van der Waals surface area (Å²) in [7, 11) is 0. The molecule has 0 spiro atoms. The number of carbonyl (C=O) groups excluding carboxylic acids is 5. The normalized spacial score (nSPS) is 22.3. The van der Waals surface area contributed by atoms with E-state index < -0.39 is 72.4 Å². The number of carbonyl (C=O) groups is 5. The molecule has 1 fully saturated rings. The largest absolute Gasteiger partial charge is 0.613 e. The van der Waals surface area contributed by atoms with Crippen LogP contribution < -0.4 is 5.32 Å². The Balaban J connectivity index is 3.22. The van der Waals surface area contributed by atoms with Crippen molar-refractivity contribution in [2.75, 3.05) is 6.61 Å². The van der Waals surface area contributed by atoms with Gasteiger partial charge in [0.15, 0.2) is 12.2 Å². The average Bonchev–Trinajstić information content (AvgIpc) is 2.88. The maximum Gasteiger partial charge on any atom is 0.406 e. The van der Waals surface area contributed by atoms with Gasteiger partial charge in [-0.3, -0.25) is 19.2 Å². The second-order valence-electron chi connectivity index (χ2n) is 12.0. The van der Waals surface area contributed by atoms with E-state index in [2.05, 4.69) is 17.6 Å². The number of rotatable bonds is 18. The van der Waals surface area contributed by atoms with Crippen LogP contribution in [-0.4, -0.2) is 79.0 Å². The third-order valence-corrected chi connectivity index (χ3v) is 6.56. The van der Waals surface area contributed by atoms with Gasteiger partial charge in [0.05, 0.1) is 0 Å². The fourth-order valence-corrected chi connectivity index (χ4v) is 4.78. The molecule has 1 unspecified atom stereocenters. The zero-order chi connectivity index (χ0) is 33.3. The van der Waals surface area contributed by atoms with Gasteiger partial charge in [0, 0.05) is 33.9 Å². The Morgan fingerprint density at radius 3 is 1.73 bits per heavy atom. The highest BCUT2D eigenvalue weighted by Gasteiger charge is 2.49. The Labute approximate surface area is 261 Å². The molecule has 254 valence electrons. The Morgan fingerprint density at radius 1 is 0.727 bits per heavy atom. The van der Waals surface area contributed by atoms with Crippen LogP contribution in [-0.2, 0) is 47.6 Å². The molecule has 0 aromatic carbocycles. The minimum absolute atomic E-state index is 0.369. The van der Waals surface area contributed by atoms with Crippen LogP contribution >= 0.6 is 0 Å². The molecule has 1 heterocycles. The van der Waals surface area contributed by atoms with Crippen molar-refractivity contribution in [2.45, 2.75) is 162 Å². The van der Waals surface area contributed by atoms with Gasteiger partial charge in [-0.05, 0) is 20.8 Å². The van der Waals surface area contributed by atoms with Crippen LogP contribution in [0.1, 0.15) is 120 Å². The first-order valence-electron chi connectivity index (χ1n) is 15.6. The lowest BCUT2D eigenvalue weighted by Crippen LogP contribution is -2.62. The second-order valence-corrected chi connectivity index (χ2v) is 12.0. The van der Waals surface area contributed by atoms with Crippen molar-refractivity contribution in [1.82, 2.24) is 5.32 Å². The molecule has 0 aromatic heterocycles. The predicted octanol–water partition coefficient (Wildman–Crippen LogP) is 5.21. The third kappa shape index (κ3) is 16.8. The summed E-state index contributed by atoms with van der Waals surface area (Å²) in [6.07, 6.45) is 2.33. The van der Waals surface area contributed by atoms with Gasteiger partial charge >= 0.3 is 30.0 Å². The molecule has 0 radical (unpaired) electrons. The van der Waals surface area contributed by atoms with E-state index in [1.807, 2.05) is 0 Å². The lowest BCUT2D eigenvalue weighted by Gasteiger charge is -2.51. The molecule has 1 rings (SSSR count). The second kappa shape index (κ2) is 20.2. The molecule has 0 bridgehead atoms. The number of esters is 4. The van der Waals surface area contributed by atoms with Crippen LogP contribution in [0.5, 0.6) is 0 Å². The topological polar surface area (TPSA) is 167 Å². The van der Waals surface area contributed by atoms with Crippen molar-refractivity contribution in [3.05, 3.63) is 5.32 Å². The zero-order valence-corrected chi connectivity index (χ0v) is 27.7. The zero-order valence-electron chi connectivity index (χ0n) is 27.7. The minimum atomic E-state index is -1.35. The number of alkyl carbamates (subject to hydrolysis) is 1. The number of hydrogen-bond donors (Lipinski definition) is 1. The molecule has 6 atom stereocenters. The van der Waals surface area contributed by atoms with E-state index in [1.165, 1.54) is 39.0 Å². The summed E-state index contributed by atoms with van der Waals surface area (Å²) in [6.45, 7) is 11.7. The maximum absolute atomic E-state index is 12.8. The van der Waals surface area contributed by atoms with E-state index in [9.17, 15) is 24.0 Å². The molecule has 1 amide bonds. The first-order chi connectivity index (χ1) is 20.6. The van der Waals surface area contributed by atoms with Gasteiger partial charge in [-0.25, -0.2) is 4.79 Å². The van der Waals surface area contributed by atoms with Crippen molar-refractivity contribution in [2.24, 2.45) is 0 Å². The SMILES string of the molecule is CCCCCCCCCCCC([N-][C@@H]1O[C@H](COC(C)=O)[C@@H](OC(C)=O)[C@H](OC(C)=O)[C@H]1OC(C)=O)NC(=O)OC(C)(C)C. The monoisotopic (exact) mass is 629 g/mol. The number of ether oxygens (including phenoxy) is 6. The van der Waals surface area contributed by atoms with E-state index in [-0.39, 0.29) is 6.61 Å². The molecule has 13 nitrogen and oxygen atoms in total. The summed E-state index contributed by atoms with van der Waals surface area (Å²) in [4.78, 5) is 60.6. The van der Waals surface area contributed by atoms with Gasteiger partial charge in [-0.15, -0.1) is 0 Å². The molecule has 0 aliphatic carbocycles. The highest BCUT2D eigenvalue weighted by atomic mass is 16.7. The summed E-state index contributed by atoms with van der Waals surface area (Å²) >= 11 is 0. The molecular weight excluding hydrogens is 576 g/mol. The molecule has 13 heteroatoms. The molecule has 1 aliphatic rings. The molecule has 0 aromatic rings. The maximum atomic E-state index is 12.8. The van der Waals surface area contributed by atoms with E-state index in [1.54, 1.807) is 20.8 Å². The highest BCUT2D eigenvalue weighted by Crippen LogP contribution is 2.33. The quantitative estimate of drug-likeness (QED) is 0.120. The average molecular weight is 630 g/mol. The van der Waals surface area contributed by atoms with Gasteiger partial charge in [-0.1, -0.05) is 77.3 Å². The summed E-state index contributed by atoms with van der Waals surface area (Å²) in [6, 6.07) is 0. The van der Waals surface area contributed by atoms with Crippen LogP contribution in [0.3, 0.4) is 0 Å². The predicted molar refractivity (Wildman–Crippen MR) is 160 cm³/mol. The van der Waals surface area contributed by atoms with Gasteiger partial charge in [0.1, 0.15) is 24.4 Å². The van der Waals surface area contributed by atoms with Gasteiger partial charge in [0.25, 0.3) is 0 Å².